The quantitative estimate of drug-likeness (QED) is 0.846. The van der Waals surface area contributed by atoms with E-state index in [0.717, 1.165) is 39.1 Å². The summed E-state index contributed by atoms with van der Waals surface area (Å²) >= 11 is 0. The summed E-state index contributed by atoms with van der Waals surface area (Å²) in [5.74, 6) is -0.0471. The number of nitrogens with zero attached hydrogens (tertiary/aromatic N) is 3. The molecule has 6 nitrogen and oxygen atoms in total. The third-order valence-corrected chi connectivity index (χ3v) is 5.14. The Morgan fingerprint density at radius 1 is 1.38 bits per heavy atom. The number of halogens is 1. The molecule has 2 unspecified atom stereocenters. The van der Waals surface area contributed by atoms with Gasteiger partial charge in [0.05, 0.1) is 6.04 Å². The van der Waals surface area contributed by atoms with Crippen LogP contribution < -0.4 is 10.6 Å². The first-order valence-corrected chi connectivity index (χ1v) is 9.06. The van der Waals surface area contributed by atoms with Crippen LogP contribution in [-0.2, 0) is 0 Å². The van der Waals surface area contributed by atoms with E-state index in [9.17, 15) is 4.79 Å². The Bertz CT molecular complexity index is 515. The molecule has 2 N–H and O–H groups in total. The number of hydrogen-bond acceptors (Lipinski definition) is 4. The topological polar surface area (TPSA) is 62.2 Å². The highest BCUT2D eigenvalue weighted by atomic mass is 35.5. The Kier molecular flexibility index (Phi) is 7.52. The van der Waals surface area contributed by atoms with Crippen LogP contribution in [0.5, 0.6) is 0 Å². The summed E-state index contributed by atoms with van der Waals surface area (Å²) in [5.41, 5.74) is 0.537. The lowest BCUT2D eigenvalue weighted by atomic mass is 10.0. The van der Waals surface area contributed by atoms with E-state index in [-0.39, 0.29) is 18.3 Å². The maximum Gasteiger partial charge on any atom is 0.271 e. The Labute approximate surface area is 150 Å². The Hall–Kier alpha value is -1.11. The van der Waals surface area contributed by atoms with Crippen LogP contribution in [0.1, 0.15) is 55.6 Å². The molecule has 1 aromatic rings. The normalized spacial score (nSPS) is 25.0. The van der Waals surface area contributed by atoms with E-state index in [1.165, 1.54) is 25.7 Å². The van der Waals surface area contributed by atoms with Crippen molar-refractivity contribution >= 4 is 18.3 Å². The highest BCUT2D eigenvalue weighted by Crippen LogP contribution is 2.17. The first-order chi connectivity index (χ1) is 11.3. The molecular formula is C17H30ClN5O. The van der Waals surface area contributed by atoms with Gasteiger partial charge < -0.3 is 10.6 Å². The largest absolute Gasteiger partial charge is 0.349 e. The van der Waals surface area contributed by atoms with Gasteiger partial charge in [0.2, 0.25) is 0 Å². The first kappa shape index (κ1) is 19.2. The van der Waals surface area contributed by atoms with Crippen molar-refractivity contribution in [1.82, 2.24) is 25.3 Å². The van der Waals surface area contributed by atoms with Gasteiger partial charge >= 0.3 is 0 Å². The molecule has 2 fully saturated rings. The molecule has 3 heterocycles. The number of amides is 1. The van der Waals surface area contributed by atoms with Crippen LogP contribution in [0, 0.1) is 0 Å². The molecule has 2 aliphatic rings. The number of nitrogens with one attached hydrogen (secondary N) is 2. The third kappa shape index (κ3) is 4.71. The second-order valence-electron chi connectivity index (χ2n) is 6.67. The SMILES string of the molecule is CCN1CCCCC1CNC(=O)c1ccn(C2CCCNC2)n1.Cl. The van der Waals surface area contributed by atoms with E-state index in [4.69, 9.17) is 0 Å². The Morgan fingerprint density at radius 2 is 2.25 bits per heavy atom. The number of likely N-dealkylation sites (N-methyl/N-ethyl adjacent to an activating group) is 1. The molecule has 1 aromatic heterocycles. The van der Waals surface area contributed by atoms with Gasteiger partial charge in [-0.1, -0.05) is 13.3 Å². The van der Waals surface area contributed by atoms with Gasteiger partial charge in [0.15, 0.2) is 0 Å². The van der Waals surface area contributed by atoms with Gasteiger partial charge in [-0.05, 0) is 51.4 Å². The number of rotatable bonds is 5. The molecule has 3 rings (SSSR count). The van der Waals surface area contributed by atoms with Crippen LogP contribution in [0.2, 0.25) is 0 Å². The summed E-state index contributed by atoms with van der Waals surface area (Å²) in [7, 11) is 0. The van der Waals surface area contributed by atoms with Crippen molar-refractivity contribution in [2.24, 2.45) is 0 Å². The van der Waals surface area contributed by atoms with Crippen molar-refractivity contribution in [3.8, 4) is 0 Å². The van der Waals surface area contributed by atoms with Crippen LogP contribution in [0.25, 0.3) is 0 Å². The van der Waals surface area contributed by atoms with Gasteiger partial charge in [-0.3, -0.25) is 14.4 Å². The zero-order valence-electron chi connectivity index (χ0n) is 14.5. The van der Waals surface area contributed by atoms with E-state index in [1.54, 1.807) is 0 Å². The number of carbonyl (C=O) groups is 1. The molecule has 0 radical (unpaired) electrons. The summed E-state index contributed by atoms with van der Waals surface area (Å²) in [5, 5.41) is 10.9. The number of hydrogen-bond donors (Lipinski definition) is 2. The second-order valence-corrected chi connectivity index (χ2v) is 6.67. The maximum absolute atomic E-state index is 12.4. The molecule has 1 amide bonds. The number of aromatic nitrogens is 2. The molecule has 24 heavy (non-hydrogen) atoms. The Morgan fingerprint density at radius 3 is 3.00 bits per heavy atom. The van der Waals surface area contributed by atoms with Crippen LogP contribution in [0.4, 0.5) is 0 Å². The first-order valence-electron chi connectivity index (χ1n) is 9.06. The van der Waals surface area contributed by atoms with E-state index in [2.05, 4.69) is 27.6 Å². The summed E-state index contributed by atoms with van der Waals surface area (Å²) in [4.78, 5) is 14.8. The van der Waals surface area contributed by atoms with Crippen LogP contribution >= 0.6 is 12.4 Å². The number of carbonyl (C=O) groups excluding carboxylic acids is 1. The lowest BCUT2D eigenvalue weighted by Gasteiger charge is -2.34. The monoisotopic (exact) mass is 355 g/mol. The standard InChI is InChI=1S/C17H29N5O.ClH/c1-2-21-10-4-3-6-14(21)13-19-17(23)16-8-11-22(20-16)15-7-5-9-18-12-15;/h8,11,14-15,18H,2-7,9-10,12-13H2,1H3,(H,19,23);1H. The van der Waals surface area contributed by atoms with E-state index >= 15 is 0 Å². The molecule has 0 spiro atoms. The third-order valence-electron chi connectivity index (χ3n) is 5.14. The van der Waals surface area contributed by atoms with Crippen LogP contribution in [0.15, 0.2) is 12.3 Å². The highest BCUT2D eigenvalue weighted by molar-refractivity contribution is 5.92. The number of likely N-dealkylation sites (tertiary alicyclic amines) is 1. The molecular weight excluding hydrogens is 326 g/mol. The lowest BCUT2D eigenvalue weighted by molar-refractivity contribution is 0.0911. The minimum absolute atomic E-state index is 0. The Balaban J connectivity index is 0.00000208. The van der Waals surface area contributed by atoms with Crippen LogP contribution in [0.3, 0.4) is 0 Å². The highest BCUT2D eigenvalue weighted by Gasteiger charge is 2.22. The zero-order chi connectivity index (χ0) is 16.1. The maximum atomic E-state index is 12.4. The van der Waals surface area contributed by atoms with E-state index in [1.807, 2.05) is 16.9 Å². The average Bonchev–Trinajstić information content (AvgIpc) is 3.11. The van der Waals surface area contributed by atoms with Crippen molar-refractivity contribution in [1.29, 1.82) is 0 Å². The molecule has 0 aromatic carbocycles. The molecule has 2 aliphatic heterocycles. The summed E-state index contributed by atoms with van der Waals surface area (Å²) in [6.07, 6.45) is 7.95. The van der Waals surface area contributed by atoms with E-state index < -0.39 is 0 Å². The van der Waals surface area contributed by atoms with Gasteiger partial charge in [-0.2, -0.15) is 5.10 Å². The van der Waals surface area contributed by atoms with Gasteiger partial charge in [0, 0.05) is 25.3 Å². The average molecular weight is 356 g/mol. The number of piperidine rings is 2. The minimum Gasteiger partial charge on any atom is -0.349 e. The van der Waals surface area contributed by atoms with Crippen molar-refractivity contribution in [3.63, 3.8) is 0 Å². The van der Waals surface area contributed by atoms with Gasteiger partial charge in [-0.25, -0.2) is 0 Å². The van der Waals surface area contributed by atoms with E-state index in [0.29, 0.717) is 17.8 Å². The molecule has 0 saturated carbocycles. The van der Waals surface area contributed by atoms with Gasteiger partial charge in [-0.15, -0.1) is 12.4 Å². The predicted octanol–water partition coefficient (Wildman–Crippen LogP) is 1.83. The fraction of sp³-hybridized carbons (Fsp3) is 0.765. The van der Waals surface area contributed by atoms with Gasteiger partial charge in [0.1, 0.15) is 5.69 Å². The predicted molar refractivity (Wildman–Crippen MR) is 97.8 cm³/mol. The minimum atomic E-state index is -0.0471. The summed E-state index contributed by atoms with van der Waals surface area (Å²) < 4.78 is 1.94. The summed E-state index contributed by atoms with van der Waals surface area (Å²) in [6.45, 7) is 7.16. The summed E-state index contributed by atoms with van der Waals surface area (Å²) in [6, 6.07) is 2.68. The molecule has 0 bridgehead atoms. The smallest absolute Gasteiger partial charge is 0.271 e. The molecule has 7 heteroatoms. The molecule has 2 atom stereocenters. The fourth-order valence-electron chi connectivity index (χ4n) is 3.73. The molecule has 2 saturated heterocycles. The van der Waals surface area contributed by atoms with Gasteiger partial charge in [0.25, 0.3) is 5.91 Å². The van der Waals surface area contributed by atoms with Crippen molar-refractivity contribution < 1.29 is 4.79 Å². The van der Waals surface area contributed by atoms with Crippen molar-refractivity contribution in [2.75, 3.05) is 32.7 Å². The van der Waals surface area contributed by atoms with Crippen LogP contribution in [-0.4, -0.2) is 59.4 Å². The molecule has 0 aliphatic carbocycles. The van der Waals surface area contributed by atoms with Crippen molar-refractivity contribution in [3.05, 3.63) is 18.0 Å². The lowest BCUT2D eigenvalue weighted by Crippen LogP contribution is -2.46. The second kappa shape index (κ2) is 9.39. The van der Waals surface area contributed by atoms with Crippen molar-refractivity contribution in [2.45, 2.75) is 51.1 Å². The fourth-order valence-corrected chi connectivity index (χ4v) is 3.73. The zero-order valence-corrected chi connectivity index (χ0v) is 15.4. The molecule has 136 valence electrons.